The summed E-state index contributed by atoms with van der Waals surface area (Å²) in [6.07, 6.45) is -0.193. The molecule has 0 saturated carbocycles. The number of hydrogen-bond acceptors (Lipinski definition) is 4. The number of ether oxygens (including phenoxy) is 1. The van der Waals surface area contributed by atoms with E-state index in [0.717, 1.165) is 12.1 Å². The largest absolute Gasteiger partial charge is 0.437 e. The quantitative estimate of drug-likeness (QED) is 0.635. The van der Waals surface area contributed by atoms with E-state index in [1.54, 1.807) is 18.2 Å². The maximum absolute atomic E-state index is 14.2. The Morgan fingerprint density at radius 1 is 1.03 bits per heavy atom. The van der Waals surface area contributed by atoms with Crippen LogP contribution in [-0.4, -0.2) is 29.3 Å². The van der Waals surface area contributed by atoms with E-state index in [1.807, 2.05) is 0 Å². The van der Waals surface area contributed by atoms with Crippen LogP contribution in [0.15, 0.2) is 60.7 Å². The molecule has 2 aromatic carbocycles. The summed E-state index contributed by atoms with van der Waals surface area (Å²) in [6, 6.07) is 13.6. The number of aliphatic hydroxyl groups is 1. The van der Waals surface area contributed by atoms with Gasteiger partial charge in [0.1, 0.15) is 28.9 Å². The second kappa shape index (κ2) is 8.39. The van der Waals surface area contributed by atoms with Crippen molar-refractivity contribution >= 4 is 11.9 Å². The minimum atomic E-state index is -1.09. The summed E-state index contributed by atoms with van der Waals surface area (Å²) >= 11 is 0. The molecule has 1 N–H and O–H groups in total. The minimum Gasteiger partial charge on any atom is -0.437 e. The summed E-state index contributed by atoms with van der Waals surface area (Å²) < 4.78 is 46.4. The van der Waals surface area contributed by atoms with Gasteiger partial charge in [0.25, 0.3) is 0 Å². The molecule has 2 heterocycles. The van der Waals surface area contributed by atoms with Gasteiger partial charge in [-0.1, -0.05) is 18.2 Å². The van der Waals surface area contributed by atoms with Gasteiger partial charge in [0.15, 0.2) is 0 Å². The Hall–Kier alpha value is -3.39. The van der Waals surface area contributed by atoms with Gasteiger partial charge < -0.3 is 9.84 Å². The van der Waals surface area contributed by atoms with E-state index in [2.05, 4.69) is 4.98 Å². The minimum absolute atomic E-state index is 0.106. The SMILES string of the molecule is O=C1O[C@@](CCO)(c2ccc(F)cc2)CCN1c1cccc(-c2ccc(F)cc2F)n1. The lowest BCUT2D eigenvalue weighted by Crippen LogP contribution is -2.48. The molecule has 1 aliphatic heterocycles. The first-order chi connectivity index (χ1) is 14.9. The number of aliphatic hydroxyl groups excluding tert-OH is 1. The number of aromatic nitrogens is 1. The lowest BCUT2D eigenvalue weighted by Gasteiger charge is -2.41. The molecule has 1 atom stereocenters. The predicted molar refractivity (Wildman–Crippen MR) is 108 cm³/mol. The van der Waals surface area contributed by atoms with Crippen LogP contribution in [-0.2, 0) is 10.3 Å². The summed E-state index contributed by atoms with van der Waals surface area (Å²) in [4.78, 5) is 18.5. The Morgan fingerprint density at radius 3 is 2.45 bits per heavy atom. The van der Waals surface area contributed by atoms with Crippen molar-refractivity contribution in [2.75, 3.05) is 18.1 Å². The van der Waals surface area contributed by atoms with Crippen molar-refractivity contribution in [3.05, 3.63) is 83.7 Å². The fourth-order valence-corrected chi connectivity index (χ4v) is 3.74. The number of rotatable bonds is 5. The summed E-state index contributed by atoms with van der Waals surface area (Å²) in [7, 11) is 0. The van der Waals surface area contributed by atoms with Crippen molar-refractivity contribution in [1.82, 2.24) is 4.98 Å². The Bertz CT molecular complexity index is 1110. The summed E-state index contributed by atoms with van der Waals surface area (Å²) in [5.74, 6) is -1.62. The van der Waals surface area contributed by atoms with E-state index in [0.29, 0.717) is 12.0 Å². The first kappa shape index (κ1) is 20.9. The second-order valence-corrected chi connectivity index (χ2v) is 7.25. The molecule has 4 rings (SSSR count). The highest BCUT2D eigenvalue weighted by molar-refractivity contribution is 5.88. The van der Waals surface area contributed by atoms with Crippen LogP contribution in [0.3, 0.4) is 0 Å². The standard InChI is InChI=1S/C23H19F3N2O3/c24-16-6-4-15(5-7-16)23(11-13-29)10-12-28(22(30)31-23)21-3-1-2-20(27-21)18-9-8-17(25)14-19(18)26/h1-9,14,29H,10-13H2/t23-/m0/s1. The Labute approximate surface area is 176 Å². The fourth-order valence-electron chi connectivity index (χ4n) is 3.74. The molecule has 0 bridgehead atoms. The molecular formula is C23H19F3N2O3. The zero-order valence-electron chi connectivity index (χ0n) is 16.4. The van der Waals surface area contributed by atoms with Gasteiger partial charge in [-0.25, -0.2) is 22.9 Å². The third-order valence-electron chi connectivity index (χ3n) is 5.35. The highest BCUT2D eigenvalue weighted by Crippen LogP contribution is 2.38. The lowest BCUT2D eigenvalue weighted by atomic mass is 9.86. The smallest absolute Gasteiger partial charge is 0.416 e. The van der Waals surface area contributed by atoms with Gasteiger partial charge in [0.2, 0.25) is 0 Å². The van der Waals surface area contributed by atoms with Crippen molar-refractivity contribution in [2.24, 2.45) is 0 Å². The molecule has 1 amide bonds. The maximum atomic E-state index is 14.2. The van der Waals surface area contributed by atoms with Crippen molar-refractivity contribution < 1.29 is 27.8 Å². The van der Waals surface area contributed by atoms with Crippen molar-refractivity contribution in [3.8, 4) is 11.3 Å². The van der Waals surface area contributed by atoms with Crippen molar-refractivity contribution in [1.29, 1.82) is 0 Å². The number of carbonyl (C=O) groups is 1. The first-order valence-corrected chi connectivity index (χ1v) is 9.72. The molecule has 0 spiro atoms. The summed E-state index contributed by atoms with van der Waals surface area (Å²) in [6.45, 7) is 0.000792. The average Bonchev–Trinajstić information content (AvgIpc) is 2.74. The van der Waals surface area contributed by atoms with Gasteiger partial charge in [-0.05, 0) is 42.0 Å². The van der Waals surface area contributed by atoms with Gasteiger partial charge in [0.05, 0.1) is 5.69 Å². The number of amides is 1. The molecule has 3 aromatic rings. The van der Waals surface area contributed by atoms with E-state index in [9.17, 15) is 23.1 Å². The zero-order valence-corrected chi connectivity index (χ0v) is 16.4. The van der Waals surface area contributed by atoms with Crippen LogP contribution >= 0.6 is 0 Å². The number of nitrogens with zero attached hydrogens (tertiary/aromatic N) is 2. The number of benzene rings is 2. The molecule has 1 aliphatic rings. The van der Waals surface area contributed by atoms with E-state index >= 15 is 0 Å². The van der Waals surface area contributed by atoms with E-state index in [-0.39, 0.29) is 36.6 Å². The average molecular weight is 428 g/mol. The molecule has 1 aromatic heterocycles. The third kappa shape index (κ3) is 4.11. The van der Waals surface area contributed by atoms with Gasteiger partial charge >= 0.3 is 6.09 Å². The van der Waals surface area contributed by atoms with Gasteiger partial charge in [-0.3, -0.25) is 4.90 Å². The van der Waals surface area contributed by atoms with Gasteiger partial charge in [-0.15, -0.1) is 0 Å². The topological polar surface area (TPSA) is 62.7 Å². The van der Waals surface area contributed by atoms with Crippen LogP contribution in [0.1, 0.15) is 18.4 Å². The molecule has 8 heteroatoms. The van der Waals surface area contributed by atoms with E-state index < -0.39 is 29.1 Å². The normalized spacial score (nSPS) is 18.7. The molecule has 0 unspecified atom stereocenters. The van der Waals surface area contributed by atoms with Crippen molar-refractivity contribution in [2.45, 2.75) is 18.4 Å². The van der Waals surface area contributed by atoms with Crippen LogP contribution in [0.5, 0.6) is 0 Å². The van der Waals surface area contributed by atoms with Crippen molar-refractivity contribution in [3.63, 3.8) is 0 Å². The Morgan fingerprint density at radius 2 is 1.77 bits per heavy atom. The van der Waals surface area contributed by atoms with Crippen LogP contribution in [0.4, 0.5) is 23.8 Å². The van der Waals surface area contributed by atoms with E-state index in [1.165, 1.54) is 35.2 Å². The van der Waals surface area contributed by atoms with Crippen LogP contribution in [0.2, 0.25) is 0 Å². The van der Waals surface area contributed by atoms with Crippen LogP contribution in [0, 0.1) is 17.5 Å². The number of pyridine rings is 1. The maximum Gasteiger partial charge on any atom is 0.416 e. The molecule has 1 saturated heterocycles. The Balaban J connectivity index is 1.61. The molecular weight excluding hydrogens is 409 g/mol. The van der Waals surface area contributed by atoms with Crippen LogP contribution in [0.25, 0.3) is 11.3 Å². The van der Waals surface area contributed by atoms with E-state index in [4.69, 9.17) is 4.74 Å². The molecule has 1 fully saturated rings. The summed E-state index contributed by atoms with van der Waals surface area (Å²) in [5.41, 5.74) is -0.148. The third-order valence-corrected chi connectivity index (χ3v) is 5.35. The highest BCUT2D eigenvalue weighted by Gasteiger charge is 2.42. The van der Waals surface area contributed by atoms with Gasteiger partial charge in [-0.2, -0.15) is 0 Å². The Kier molecular flexibility index (Phi) is 5.65. The first-order valence-electron chi connectivity index (χ1n) is 9.72. The monoisotopic (exact) mass is 428 g/mol. The zero-order chi connectivity index (χ0) is 22.0. The predicted octanol–water partition coefficient (Wildman–Crippen LogP) is 4.79. The number of anilines is 1. The fraction of sp³-hybridized carbons (Fsp3) is 0.217. The number of halogens is 3. The molecule has 31 heavy (non-hydrogen) atoms. The molecule has 0 aliphatic carbocycles. The molecule has 160 valence electrons. The molecule has 5 nitrogen and oxygen atoms in total. The number of cyclic esters (lactones) is 1. The number of carbonyl (C=O) groups excluding carboxylic acids is 1. The number of hydrogen-bond donors (Lipinski definition) is 1. The molecule has 0 radical (unpaired) electrons. The highest BCUT2D eigenvalue weighted by atomic mass is 19.1. The lowest BCUT2D eigenvalue weighted by molar-refractivity contribution is -0.0259. The van der Waals surface area contributed by atoms with Gasteiger partial charge in [0, 0.05) is 37.6 Å². The summed E-state index contributed by atoms with van der Waals surface area (Å²) in [5, 5.41) is 9.52. The second-order valence-electron chi connectivity index (χ2n) is 7.25. The van der Waals surface area contributed by atoms with Crippen LogP contribution < -0.4 is 4.90 Å².